The van der Waals surface area contributed by atoms with Crippen molar-refractivity contribution < 1.29 is 4.74 Å². The molecule has 1 unspecified atom stereocenters. The average molecular weight is 326 g/mol. The van der Waals surface area contributed by atoms with E-state index in [0.717, 1.165) is 16.1 Å². The van der Waals surface area contributed by atoms with Gasteiger partial charge in [0.2, 0.25) is 0 Å². The highest BCUT2D eigenvalue weighted by Crippen LogP contribution is 2.33. The van der Waals surface area contributed by atoms with E-state index in [0.29, 0.717) is 6.04 Å². The topological polar surface area (TPSA) is 21.3 Å². The van der Waals surface area contributed by atoms with Crippen LogP contribution in [0.3, 0.4) is 0 Å². The first-order valence-electron chi connectivity index (χ1n) is 7.25. The summed E-state index contributed by atoms with van der Waals surface area (Å²) in [5.74, 6) is 1.85. The highest BCUT2D eigenvalue weighted by Gasteiger charge is 2.18. The minimum absolute atomic E-state index is 0.447. The van der Waals surface area contributed by atoms with Gasteiger partial charge in [-0.05, 0) is 59.4 Å². The van der Waals surface area contributed by atoms with Crippen LogP contribution in [0, 0.1) is 5.92 Å². The number of methoxy groups -OCH3 is 1. The molecule has 0 bridgehead atoms. The first kappa shape index (κ1) is 14.9. The van der Waals surface area contributed by atoms with Gasteiger partial charge in [0, 0.05) is 6.04 Å². The zero-order valence-corrected chi connectivity index (χ0v) is 13.5. The molecule has 0 aliphatic heterocycles. The van der Waals surface area contributed by atoms with E-state index in [1.165, 1.54) is 44.1 Å². The van der Waals surface area contributed by atoms with Crippen molar-refractivity contribution >= 4 is 15.9 Å². The Bertz CT molecular complexity index is 402. The molecule has 1 fully saturated rings. The highest BCUT2D eigenvalue weighted by atomic mass is 79.9. The molecule has 2 nitrogen and oxygen atoms in total. The lowest BCUT2D eigenvalue weighted by molar-refractivity contribution is 0.409. The van der Waals surface area contributed by atoms with Crippen LogP contribution in [0.4, 0.5) is 0 Å². The van der Waals surface area contributed by atoms with Gasteiger partial charge in [-0.15, -0.1) is 0 Å². The van der Waals surface area contributed by atoms with E-state index in [9.17, 15) is 0 Å². The summed E-state index contributed by atoms with van der Waals surface area (Å²) in [6.07, 6.45) is 8.30. The number of ether oxygens (including phenoxy) is 1. The van der Waals surface area contributed by atoms with Gasteiger partial charge in [-0.1, -0.05) is 31.7 Å². The number of hydrogen-bond acceptors (Lipinski definition) is 2. The van der Waals surface area contributed by atoms with Crippen molar-refractivity contribution in [1.29, 1.82) is 0 Å². The van der Waals surface area contributed by atoms with Gasteiger partial charge in [0.05, 0.1) is 11.6 Å². The normalized spacial score (nSPS) is 17.6. The monoisotopic (exact) mass is 325 g/mol. The van der Waals surface area contributed by atoms with Gasteiger partial charge in [-0.2, -0.15) is 0 Å². The van der Waals surface area contributed by atoms with Gasteiger partial charge in [0.15, 0.2) is 0 Å². The van der Waals surface area contributed by atoms with E-state index < -0.39 is 0 Å². The number of hydrogen-bond donors (Lipinski definition) is 1. The maximum absolute atomic E-state index is 5.29. The van der Waals surface area contributed by atoms with Gasteiger partial charge in [-0.25, -0.2) is 0 Å². The van der Waals surface area contributed by atoms with Crippen molar-refractivity contribution in [3.63, 3.8) is 0 Å². The minimum Gasteiger partial charge on any atom is -0.496 e. The van der Waals surface area contributed by atoms with Crippen molar-refractivity contribution in [1.82, 2.24) is 5.32 Å². The molecule has 0 radical (unpaired) electrons. The van der Waals surface area contributed by atoms with E-state index in [2.05, 4.69) is 40.4 Å². The molecule has 0 amide bonds. The molecule has 1 atom stereocenters. The summed E-state index contributed by atoms with van der Waals surface area (Å²) in [6, 6.07) is 6.83. The summed E-state index contributed by atoms with van der Waals surface area (Å²) in [5, 5.41) is 3.45. The Morgan fingerprint density at radius 3 is 2.68 bits per heavy atom. The predicted molar refractivity (Wildman–Crippen MR) is 83.7 cm³/mol. The molecule has 1 N–H and O–H groups in total. The average Bonchev–Trinajstić information content (AvgIpc) is 2.93. The minimum atomic E-state index is 0.447. The van der Waals surface area contributed by atoms with Gasteiger partial charge in [-0.3, -0.25) is 0 Å². The number of halogens is 1. The van der Waals surface area contributed by atoms with Crippen LogP contribution in [0.15, 0.2) is 22.7 Å². The number of rotatable bonds is 6. The molecule has 0 spiro atoms. The predicted octanol–water partition coefficient (Wildman–Crippen LogP) is 4.69. The largest absolute Gasteiger partial charge is 0.496 e. The van der Waals surface area contributed by atoms with Crippen LogP contribution in [0.25, 0.3) is 0 Å². The molecular formula is C16H24BrNO. The second kappa shape index (κ2) is 7.30. The number of nitrogens with one attached hydrogen (secondary N) is 1. The van der Waals surface area contributed by atoms with Crippen LogP contribution >= 0.6 is 15.9 Å². The zero-order chi connectivity index (χ0) is 13.7. The highest BCUT2D eigenvalue weighted by molar-refractivity contribution is 9.10. The van der Waals surface area contributed by atoms with E-state index in [4.69, 9.17) is 4.74 Å². The summed E-state index contributed by atoms with van der Waals surface area (Å²) in [6.45, 7) is 0. The summed E-state index contributed by atoms with van der Waals surface area (Å²) < 4.78 is 6.32. The summed E-state index contributed by atoms with van der Waals surface area (Å²) in [7, 11) is 3.76. The van der Waals surface area contributed by atoms with Crippen LogP contribution in [0.1, 0.15) is 50.1 Å². The molecule has 1 saturated carbocycles. The lowest BCUT2D eigenvalue weighted by Gasteiger charge is -2.19. The SMILES string of the molecule is CNC(CCC1CCCC1)c1ccc(OC)c(Br)c1. The van der Waals surface area contributed by atoms with Crippen molar-refractivity contribution in [3.8, 4) is 5.75 Å². The van der Waals surface area contributed by atoms with E-state index in [1.54, 1.807) is 7.11 Å². The molecule has 2 rings (SSSR count). The maximum Gasteiger partial charge on any atom is 0.133 e. The number of benzene rings is 1. The fraction of sp³-hybridized carbons (Fsp3) is 0.625. The third-order valence-corrected chi connectivity index (χ3v) is 4.88. The van der Waals surface area contributed by atoms with Crippen molar-refractivity contribution in [2.24, 2.45) is 5.92 Å². The Hall–Kier alpha value is -0.540. The van der Waals surface area contributed by atoms with Crippen molar-refractivity contribution in [3.05, 3.63) is 28.2 Å². The maximum atomic E-state index is 5.29. The van der Waals surface area contributed by atoms with Crippen LogP contribution in [-0.2, 0) is 0 Å². The van der Waals surface area contributed by atoms with Gasteiger partial charge >= 0.3 is 0 Å². The first-order chi connectivity index (χ1) is 9.24. The lowest BCUT2D eigenvalue weighted by atomic mass is 9.95. The lowest BCUT2D eigenvalue weighted by Crippen LogP contribution is -2.17. The molecule has 106 valence electrons. The first-order valence-corrected chi connectivity index (χ1v) is 8.04. The molecule has 0 heterocycles. The second-order valence-corrected chi connectivity index (χ2v) is 6.32. The van der Waals surface area contributed by atoms with E-state index in [1.807, 2.05) is 6.07 Å². The molecular weight excluding hydrogens is 302 g/mol. The Balaban J connectivity index is 1.97. The smallest absolute Gasteiger partial charge is 0.133 e. The third-order valence-electron chi connectivity index (χ3n) is 4.27. The Kier molecular flexibility index (Phi) is 5.71. The quantitative estimate of drug-likeness (QED) is 0.819. The Morgan fingerprint density at radius 1 is 1.37 bits per heavy atom. The Labute approximate surface area is 125 Å². The molecule has 0 aromatic heterocycles. The van der Waals surface area contributed by atoms with Crippen LogP contribution in [-0.4, -0.2) is 14.2 Å². The van der Waals surface area contributed by atoms with Gasteiger partial charge in [0.25, 0.3) is 0 Å². The van der Waals surface area contributed by atoms with Crippen LogP contribution < -0.4 is 10.1 Å². The Morgan fingerprint density at radius 2 is 2.11 bits per heavy atom. The van der Waals surface area contributed by atoms with E-state index >= 15 is 0 Å². The molecule has 1 aliphatic carbocycles. The van der Waals surface area contributed by atoms with Gasteiger partial charge < -0.3 is 10.1 Å². The van der Waals surface area contributed by atoms with Crippen LogP contribution in [0.2, 0.25) is 0 Å². The van der Waals surface area contributed by atoms with Crippen LogP contribution in [0.5, 0.6) is 5.75 Å². The second-order valence-electron chi connectivity index (χ2n) is 5.46. The molecule has 3 heteroatoms. The standard InChI is InChI=1S/C16H24BrNO/c1-18-15(9-7-12-5-3-4-6-12)13-8-10-16(19-2)14(17)11-13/h8,10-12,15,18H,3-7,9H2,1-2H3. The molecule has 1 aromatic rings. The van der Waals surface area contributed by atoms with Gasteiger partial charge in [0.1, 0.15) is 5.75 Å². The summed E-state index contributed by atoms with van der Waals surface area (Å²) in [4.78, 5) is 0. The molecule has 1 aliphatic rings. The van der Waals surface area contributed by atoms with Crippen molar-refractivity contribution in [2.75, 3.05) is 14.2 Å². The van der Waals surface area contributed by atoms with E-state index in [-0.39, 0.29) is 0 Å². The molecule has 0 saturated heterocycles. The van der Waals surface area contributed by atoms with Crippen molar-refractivity contribution in [2.45, 2.75) is 44.6 Å². The molecule has 19 heavy (non-hydrogen) atoms. The molecule has 1 aromatic carbocycles. The summed E-state index contributed by atoms with van der Waals surface area (Å²) in [5.41, 5.74) is 1.34. The fourth-order valence-corrected chi connectivity index (χ4v) is 3.64. The summed E-state index contributed by atoms with van der Waals surface area (Å²) >= 11 is 3.57. The zero-order valence-electron chi connectivity index (χ0n) is 11.9. The third kappa shape index (κ3) is 3.96. The fourth-order valence-electron chi connectivity index (χ4n) is 3.08.